The Morgan fingerprint density at radius 3 is 2.38 bits per heavy atom. The van der Waals surface area contributed by atoms with Crippen LogP contribution in [-0.2, 0) is 9.68 Å². The molecule has 0 spiro atoms. The number of hydrogen-bond acceptors (Lipinski definition) is 13. The Hall–Kier alpha value is -4.38. The fourth-order valence-electron chi connectivity index (χ4n) is 1.33. The number of rotatable bonds is 5. The molecule has 0 bridgehead atoms. The van der Waals surface area contributed by atoms with Crippen molar-refractivity contribution in [3.63, 3.8) is 0 Å². The summed E-state index contributed by atoms with van der Waals surface area (Å²) in [5.74, 6) is -1.46. The second-order valence-electron chi connectivity index (χ2n) is 3.57. The van der Waals surface area contributed by atoms with Crippen molar-refractivity contribution in [3.05, 3.63) is 42.5 Å². The van der Waals surface area contributed by atoms with E-state index in [-0.39, 0.29) is 11.4 Å². The highest BCUT2D eigenvalue weighted by Crippen LogP contribution is 2.21. The number of nitrogens with zero attached hydrogens (tertiary/aromatic N) is 9. The lowest BCUT2D eigenvalue weighted by molar-refractivity contribution is -0.490. The van der Waals surface area contributed by atoms with Crippen LogP contribution in [0.3, 0.4) is 0 Å². The standard InChI is InChI=1S/C6HN10O8/c17-15(18)7-3-1(9-23-11-3)5-13-22-6(14-21-5)2-4(8-16(19)20)12-24-10-2/h(H-,7,8,11,12)/q-1. The number of aromatic nitrogens is 4. The smallest absolute Gasteiger partial charge is 0.317 e. The third-order valence-corrected chi connectivity index (χ3v) is 2.17. The predicted octanol–water partition coefficient (Wildman–Crippen LogP) is -1.25. The summed E-state index contributed by atoms with van der Waals surface area (Å²) in [4.78, 5) is 30.3. The summed E-state index contributed by atoms with van der Waals surface area (Å²) in [7, 11) is 0. The Bertz CT molecular complexity index is 918. The molecule has 2 aromatic rings. The third kappa shape index (κ3) is 2.81. The molecule has 0 aliphatic carbocycles. The molecule has 0 aromatic carbocycles. The molecule has 0 saturated heterocycles. The molecule has 0 unspecified atom stereocenters. The number of nitro groups is 2. The van der Waals surface area contributed by atoms with E-state index in [1.165, 1.54) is 0 Å². The predicted molar refractivity (Wildman–Crippen MR) is 63.0 cm³/mol. The Morgan fingerprint density at radius 1 is 1.04 bits per heavy atom. The SMILES string of the molecule is O=[N+]([O-])/N=c1\[nH]onc1C1=NOC(c2nonc2[N-][N+](=O)[O-])=NO1. The largest absolute Gasteiger partial charge is 0.348 e. The van der Waals surface area contributed by atoms with Gasteiger partial charge in [0.2, 0.25) is 5.69 Å². The topological polar surface area (TPSA) is 237 Å². The van der Waals surface area contributed by atoms with E-state index in [2.05, 4.69) is 45.6 Å². The third-order valence-electron chi connectivity index (χ3n) is 2.17. The fraction of sp³-hybridized carbons (Fsp3) is 0. The first-order valence-corrected chi connectivity index (χ1v) is 5.47. The van der Waals surface area contributed by atoms with Crippen LogP contribution in [0.25, 0.3) is 5.43 Å². The molecule has 18 nitrogen and oxygen atoms in total. The summed E-state index contributed by atoms with van der Waals surface area (Å²) in [5, 5.41) is 40.2. The van der Waals surface area contributed by atoms with Crippen LogP contribution < -0.4 is 5.49 Å². The molecule has 0 saturated carbocycles. The van der Waals surface area contributed by atoms with Gasteiger partial charge in [-0.1, -0.05) is 5.16 Å². The maximum absolute atomic E-state index is 10.4. The van der Waals surface area contributed by atoms with Gasteiger partial charge >= 0.3 is 11.8 Å². The summed E-state index contributed by atoms with van der Waals surface area (Å²) in [6.45, 7) is 0. The van der Waals surface area contributed by atoms with Crippen molar-refractivity contribution in [1.82, 2.24) is 20.6 Å². The van der Waals surface area contributed by atoms with Crippen molar-refractivity contribution < 1.29 is 29.0 Å². The summed E-state index contributed by atoms with van der Waals surface area (Å²) in [6, 6.07) is 0. The second-order valence-corrected chi connectivity index (χ2v) is 3.57. The van der Waals surface area contributed by atoms with Crippen molar-refractivity contribution in [2.75, 3.05) is 0 Å². The number of H-pyrrole nitrogens is 1. The number of hydrogen-bond donors (Lipinski definition) is 1. The summed E-state index contributed by atoms with van der Waals surface area (Å²) in [5.41, 5.74) is 1.77. The van der Waals surface area contributed by atoms with Gasteiger partial charge in [-0.3, -0.25) is 19.9 Å². The van der Waals surface area contributed by atoms with Crippen molar-refractivity contribution in [2.45, 2.75) is 0 Å². The highest BCUT2D eigenvalue weighted by Gasteiger charge is 2.25. The highest BCUT2D eigenvalue weighted by molar-refractivity contribution is 6.00. The van der Waals surface area contributed by atoms with E-state index in [0.29, 0.717) is 0 Å². The Kier molecular flexibility index (Phi) is 3.51. The van der Waals surface area contributed by atoms with Crippen LogP contribution in [0.4, 0.5) is 5.82 Å². The van der Waals surface area contributed by atoms with Gasteiger partial charge in [0.15, 0.2) is 10.7 Å². The highest BCUT2D eigenvalue weighted by atomic mass is 16.7. The maximum atomic E-state index is 10.4. The molecule has 0 atom stereocenters. The van der Waals surface area contributed by atoms with E-state index in [1.54, 1.807) is 0 Å². The first-order chi connectivity index (χ1) is 11.5. The van der Waals surface area contributed by atoms with Crippen LogP contribution in [0.15, 0.2) is 24.7 Å². The fourth-order valence-corrected chi connectivity index (χ4v) is 1.33. The molecule has 0 amide bonds. The zero-order valence-electron chi connectivity index (χ0n) is 10.8. The summed E-state index contributed by atoms with van der Waals surface area (Å²) in [6.07, 6.45) is 0. The molecule has 3 heterocycles. The molecule has 0 radical (unpaired) electrons. The van der Waals surface area contributed by atoms with E-state index < -0.39 is 33.2 Å². The van der Waals surface area contributed by atoms with Gasteiger partial charge in [-0.25, -0.2) is 10.1 Å². The lowest BCUT2D eigenvalue weighted by Crippen LogP contribution is -2.23. The van der Waals surface area contributed by atoms with Gasteiger partial charge in [-0.05, 0) is 15.5 Å². The van der Waals surface area contributed by atoms with E-state index in [1.807, 2.05) is 5.16 Å². The molecule has 3 rings (SSSR count). The van der Waals surface area contributed by atoms with Crippen LogP contribution in [0.5, 0.6) is 0 Å². The Morgan fingerprint density at radius 2 is 1.75 bits per heavy atom. The first kappa shape index (κ1) is 14.6. The van der Waals surface area contributed by atoms with E-state index in [9.17, 15) is 20.2 Å². The molecule has 24 heavy (non-hydrogen) atoms. The number of oxime groups is 2. The molecule has 1 N–H and O–H groups in total. The minimum atomic E-state index is -1.04. The van der Waals surface area contributed by atoms with Crippen LogP contribution in [0.1, 0.15) is 11.4 Å². The molecule has 124 valence electrons. The summed E-state index contributed by atoms with van der Waals surface area (Å²) >= 11 is 0. The zero-order chi connectivity index (χ0) is 17.1. The van der Waals surface area contributed by atoms with Gasteiger partial charge in [-0.2, -0.15) is 5.16 Å². The maximum Gasteiger partial charge on any atom is 0.317 e. The molecular weight excluding hydrogens is 340 g/mol. The van der Waals surface area contributed by atoms with Gasteiger partial charge in [0, 0.05) is 0 Å². The average Bonchev–Trinajstić information content (AvgIpc) is 3.16. The molecule has 2 aromatic heterocycles. The quantitative estimate of drug-likeness (QED) is 0.497. The first-order valence-electron chi connectivity index (χ1n) is 5.47. The van der Waals surface area contributed by atoms with Gasteiger partial charge in [0.1, 0.15) is 0 Å². The Labute approximate surface area is 126 Å². The van der Waals surface area contributed by atoms with Crippen molar-refractivity contribution in [1.29, 1.82) is 0 Å². The molecular formula is C6HN10O8-. The molecule has 1 aliphatic heterocycles. The Balaban J connectivity index is 1.82. The lowest BCUT2D eigenvalue weighted by atomic mass is 10.4. The molecule has 0 fully saturated rings. The van der Waals surface area contributed by atoms with Crippen molar-refractivity contribution >= 4 is 17.6 Å². The van der Waals surface area contributed by atoms with Crippen LogP contribution in [0, 0.1) is 20.2 Å². The average molecular weight is 341 g/mol. The normalized spacial score (nSPS) is 14.2. The number of nitrogens with one attached hydrogen (secondary N) is 1. The van der Waals surface area contributed by atoms with Gasteiger partial charge in [-0.15, -0.1) is 5.43 Å². The van der Waals surface area contributed by atoms with Crippen LogP contribution in [0.2, 0.25) is 0 Å². The zero-order valence-corrected chi connectivity index (χ0v) is 10.8. The van der Waals surface area contributed by atoms with E-state index >= 15 is 0 Å². The van der Waals surface area contributed by atoms with Crippen LogP contribution >= 0.6 is 0 Å². The van der Waals surface area contributed by atoms with E-state index in [4.69, 9.17) is 9.68 Å². The van der Waals surface area contributed by atoms with E-state index in [0.717, 1.165) is 0 Å². The summed E-state index contributed by atoms with van der Waals surface area (Å²) < 4.78 is 8.67. The van der Waals surface area contributed by atoms with Crippen molar-refractivity contribution in [3.8, 4) is 0 Å². The second kappa shape index (κ2) is 5.78. The monoisotopic (exact) mass is 341 g/mol. The minimum absolute atomic E-state index is 0.317. The molecule has 1 aliphatic rings. The van der Waals surface area contributed by atoms with Crippen molar-refractivity contribution in [2.24, 2.45) is 15.4 Å². The van der Waals surface area contributed by atoms with Crippen LogP contribution in [-0.4, -0.2) is 42.5 Å². The van der Waals surface area contributed by atoms with Gasteiger partial charge in [0.05, 0.1) is 16.0 Å². The van der Waals surface area contributed by atoms with Gasteiger partial charge < -0.3 is 14.3 Å². The minimum Gasteiger partial charge on any atom is -0.348 e. The van der Waals surface area contributed by atoms with Gasteiger partial charge in [0.25, 0.3) is 5.49 Å². The lowest BCUT2D eigenvalue weighted by Gasteiger charge is -2.08. The molecule has 18 heteroatoms. The number of aromatic amines is 1.